The van der Waals surface area contributed by atoms with Crippen LogP contribution in [0.25, 0.3) is 0 Å². The Hall–Kier alpha value is -0.610. The van der Waals surface area contributed by atoms with E-state index in [4.69, 9.17) is 4.98 Å². The molecule has 1 aromatic heterocycles. The van der Waals surface area contributed by atoms with Crippen LogP contribution in [0.1, 0.15) is 58.0 Å². The zero-order chi connectivity index (χ0) is 14.2. The lowest BCUT2D eigenvalue weighted by Crippen LogP contribution is -2.25. The number of hydrogen-bond acceptors (Lipinski definition) is 4. The maximum Gasteiger partial charge on any atom is 0.185 e. The fourth-order valence-corrected chi connectivity index (χ4v) is 3.26. The summed E-state index contributed by atoms with van der Waals surface area (Å²) in [6, 6.07) is 1.24. The Labute approximate surface area is 121 Å². The van der Waals surface area contributed by atoms with E-state index in [0.717, 1.165) is 17.7 Å². The lowest BCUT2D eigenvalue weighted by molar-refractivity contribution is 0.558. The maximum absolute atomic E-state index is 4.91. The molecule has 4 heteroatoms. The minimum absolute atomic E-state index is 0.118. The van der Waals surface area contributed by atoms with Crippen molar-refractivity contribution in [1.29, 1.82) is 0 Å². The number of aromatic nitrogens is 1. The van der Waals surface area contributed by atoms with Gasteiger partial charge in [-0.05, 0) is 26.7 Å². The third kappa shape index (κ3) is 3.69. The molecule has 2 rings (SSSR count). The highest BCUT2D eigenvalue weighted by atomic mass is 32.1. The van der Waals surface area contributed by atoms with Crippen LogP contribution in [0.5, 0.6) is 0 Å². The van der Waals surface area contributed by atoms with Gasteiger partial charge in [-0.3, -0.25) is 0 Å². The number of nitrogens with one attached hydrogen (secondary N) is 1. The summed E-state index contributed by atoms with van der Waals surface area (Å²) in [6.07, 6.45) is 2.67. The number of rotatable bonds is 5. The molecule has 1 fully saturated rings. The number of nitrogens with zero attached hydrogens (tertiary/aromatic N) is 2. The highest BCUT2D eigenvalue weighted by Gasteiger charge is 2.26. The monoisotopic (exact) mass is 281 g/mol. The van der Waals surface area contributed by atoms with E-state index in [0.29, 0.717) is 6.04 Å². The second-order valence-corrected chi connectivity index (χ2v) is 7.94. The quantitative estimate of drug-likeness (QED) is 0.895. The molecule has 1 aliphatic rings. The molecule has 1 N–H and O–H groups in total. The highest BCUT2D eigenvalue weighted by Crippen LogP contribution is 2.34. The minimum Gasteiger partial charge on any atom is -0.349 e. The average molecular weight is 281 g/mol. The minimum atomic E-state index is 0.118. The Kier molecular flexibility index (Phi) is 4.21. The van der Waals surface area contributed by atoms with E-state index in [1.54, 1.807) is 0 Å². The molecule has 19 heavy (non-hydrogen) atoms. The van der Waals surface area contributed by atoms with Crippen molar-refractivity contribution in [1.82, 2.24) is 10.3 Å². The summed E-state index contributed by atoms with van der Waals surface area (Å²) in [5, 5.41) is 4.76. The zero-order valence-corrected chi connectivity index (χ0v) is 13.9. The van der Waals surface area contributed by atoms with Gasteiger partial charge in [0.2, 0.25) is 0 Å². The molecule has 1 saturated carbocycles. The van der Waals surface area contributed by atoms with Crippen LogP contribution < -0.4 is 10.2 Å². The lowest BCUT2D eigenvalue weighted by atomic mass is 9.91. The molecule has 1 aliphatic carbocycles. The van der Waals surface area contributed by atoms with Crippen molar-refractivity contribution in [3.8, 4) is 0 Å². The summed E-state index contributed by atoms with van der Waals surface area (Å²) in [5.74, 6) is 0. The van der Waals surface area contributed by atoms with Gasteiger partial charge in [0.1, 0.15) is 0 Å². The standard InChI is InChI=1S/C15H27N3S/c1-10(2)18(6)14-17-13(15(3,4)5)12(19-14)9-16-11-7-8-11/h10-11,16H,7-9H2,1-6H3. The second kappa shape index (κ2) is 5.41. The van der Waals surface area contributed by atoms with Gasteiger partial charge in [-0.25, -0.2) is 4.98 Å². The van der Waals surface area contributed by atoms with Gasteiger partial charge in [-0.1, -0.05) is 20.8 Å². The molecule has 0 atom stereocenters. The molecule has 3 nitrogen and oxygen atoms in total. The summed E-state index contributed by atoms with van der Waals surface area (Å²) >= 11 is 1.84. The van der Waals surface area contributed by atoms with Crippen molar-refractivity contribution in [2.75, 3.05) is 11.9 Å². The van der Waals surface area contributed by atoms with Crippen LogP contribution in [0.2, 0.25) is 0 Å². The number of thiazole rings is 1. The molecule has 0 bridgehead atoms. The Balaban J connectivity index is 2.22. The fraction of sp³-hybridized carbons (Fsp3) is 0.800. The molecule has 0 amide bonds. The first-order valence-corrected chi connectivity index (χ1v) is 8.07. The van der Waals surface area contributed by atoms with E-state index in [1.807, 2.05) is 11.3 Å². The summed E-state index contributed by atoms with van der Waals surface area (Å²) in [7, 11) is 2.13. The van der Waals surface area contributed by atoms with Crippen LogP contribution in [0.4, 0.5) is 5.13 Å². The molecule has 1 aromatic rings. The molecule has 0 unspecified atom stereocenters. The summed E-state index contributed by atoms with van der Waals surface area (Å²) in [5.41, 5.74) is 1.38. The lowest BCUT2D eigenvalue weighted by Gasteiger charge is -2.20. The van der Waals surface area contributed by atoms with Crippen LogP contribution >= 0.6 is 11.3 Å². The topological polar surface area (TPSA) is 28.2 Å². The van der Waals surface area contributed by atoms with Crippen molar-refractivity contribution in [2.24, 2.45) is 0 Å². The van der Waals surface area contributed by atoms with Crippen molar-refractivity contribution in [3.63, 3.8) is 0 Å². The first-order valence-electron chi connectivity index (χ1n) is 7.25. The molecule has 0 spiro atoms. The van der Waals surface area contributed by atoms with Gasteiger partial charge in [-0.2, -0.15) is 0 Å². The van der Waals surface area contributed by atoms with Crippen LogP contribution in [-0.4, -0.2) is 24.1 Å². The first-order chi connectivity index (χ1) is 8.79. The van der Waals surface area contributed by atoms with Crippen LogP contribution in [0, 0.1) is 0 Å². The first kappa shape index (κ1) is 14.8. The zero-order valence-electron chi connectivity index (χ0n) is 13.1. The van der Waals surface area contributed by atoms with Crippen molar-refractivity contribution in [2.45, 2.75) is 71.5 Å². The fourth-order valence-electron chi connectivity index (χ4n) is 1.94. The van der Waals surface area contributed by atoms with Gasteiger partial charge >= 0.3 is 0 Å². The predicted octanol–water partition coefficient (Wildman–Crippen LogP) is 3.54. The van der Waals surface area contributed by atoms with E-state index in [-0.39, 0.29) is 5.41 Å². The molecule has 0 radical (unpaired) electrons. The van der Waals surface area contributed by atoms with Crippen molar-refractivity contribution < 1.29 is 0 Å². The third-order valence-electron chi connectivity index (χ3n) is 3.60. The third-order valence-corrected chi connectivity index (χ3v) is 4.75. The Morgan fingerprint density at radius 2 is 2.00 bits per heavy atom. The second-order valence-electron chi connectivity index (χ2n) is 6.88. The summed E-state index contributed by atoms with van der Waals surface area (Å²) < 4.78 is 0. The van der Waals surface area contributed by atoms with Gasteiger partial charge in [0, 0.05) is 36.0 Å². The van der Waals surface area contributed by atoms with E-state index in [9.17, 15) is 0 Å². The average Bonchev–Trinajstić information content (AvgIpc) is 3.02. The smallest absolute Gasteiger partial charge is 0.185 e. The molecule has 1 heterocycles. The van der Waals surface area contributed by atoms with Crippen molar-refractivity contribution >= 4 is 16.5 Å². The molecule has 0 saturated heterocycles. The Morgan fingerprint density at radius 1 is 1.37 bits per heavy atom. The SMILES string of the molecule is CC(C)N(C)c1nc(C(C)(C)C)c(CNC2CC2)s1. The predicted molar refractivity (Wildman–Crippen MR) is 84.2 cm³/mol. The van der Waals surface area contributed by atoms with Crippen LogP contribution in [0.3, 0.4) is 0 Å². The summed E-state index contributed by atoms with van der Waals surface area (Å²) in [6.45, 7) is 12.1. The number of hydrogen-bond donors (Lipinski definition) is 1. The summed E-state index contributed by atoms with van der Waals surface area (Å²) in [4.78, 5) is 8.57. The molecule has 108 valence electrons. The van der Waals surface area contributed by atoms with E-state index < -0.39 is 0 Å². The van der Waals surface area contributed by atoms with Gasteiger partial charge in [0.05, 0.1) is 5.69 Å². The van der Waals surface area contributed by atoms with Gasteiger partial charge in [0.25, 0.3) is 0 Å². The van der Waals surface area contributed by atoms with E-state index >= 15 is 0 Å². The highest BCUT2D eigenvalue weighted by molar-refractivity contribution is 7.15. The Morgan fingerprint density at radius 3 is 2.47 bits per heavy atom. The Bertz CT molecular complexity index is 427. The van der Waals surface area contributed by atoms with E-state index in [2.05, 4.69) is 51.9 Å². The number of anilines is 1. The van der Waals surface area contributed by atoms with Gasteiger partial charge in [-0.15, -0.1) is 11.3 Å². The van der Waals surface area contributed by atoms with E-state index in [1.165, 1.54) is 23.4 Å². The van der Waals surface area contributed by atoms with Crippen molar-refractivity contribution in [3.05, 3.63) is 10.6 Å². The molecule has 0 aliphatic heterocycles. The molecular weight excluding hydrogens is 254 g/mol. The maximum atomic E-state index is 4.91. The largest absolute Gasteiger partial charge is 0.349 e. The van der Waals surface area contributed by atoms with Gasteiger partial charge in [0.15, 0.2) is 5.13 Å². The van der Waals surface area contributed by atoms with Crippen LogP contribution in [-0.2, 0) is 12.0 Å². The molecular formula is C15H27N3S. The normalized spacial score (nSPS) is 16.2. The molecule has 0 aromatic carbocycles. The van der Waals surface area contributed by atoms with Gasteiger partial charge < -0.3 is 10.2 Å². The van der Waals surface area contributed by atoms with Crippen LogP contribution in [0.15, 0.2) is 0 Å².